The molecule has 1 aromatic carbocycles. The minimum Gasteiger partial charge on any atom is -0.437 e. The Labute approximate surface area is 128 Å². The minimum absolute atomic E-state index is 0.454. The van der Waals surface area contributed by atoms with Gasteiger partial charge in [0, 0.05) is 10.9 Å². The van der Waals surface area contributed by atoms with Crippen molar-refractivity contribution in [1.82, 2.24) is 9.97 Å². The number of hydrogen-bond donors (Lipinski definition) is 1. The average Bonchev–Trinajstić information content (AvgIpc) is 2.37. The third-order valence-electron chi connectivity index (χ3n) is 2.60. The Morgan fingerprint density at radius 1 is 1.26 bits per heavy atom. The van der Waals surface area contributed by atoms with Crippen LogP contribution in [0.1, 0.15) is 18.3 Å². The van der Waals surface area contributed by atoms with Gasteiger partial charge in [0.15, 0.2) is 0 Å². The van der Waals surface area contributed by atoms with Gasteiger partial charge in [-0.1, -0.05) is 22.9 Å². The van der Waals surface area contributed by atoms with Crippen LogP contribution in [0, 0.1) is 6.92 Å². The van der Waals surface area contributed by atoms with E-state index in [1.807, 2.05) is 32.0 Å². The molecule has 2 N–H and O–H groups in total. The number of rotatable bonds is 3. The van der Waals surface area contributed by atoms with Crippen LogP contribution in [0.5, 0.6) is 11.6 Å². The number of benzene rings is 1. The van der Waals surface area contributed by atoms with E-state index >= 15 is 0 Å². The van der Waals surface area contributed by atoms with Crippen molar-refractivity contribution in [3.05, 3.63) is 38.5 Å². The van der Waals surface area contributed by atoms with E-state index in [-0.39, 0.29) is 0 Å². The lowest BCUT2D eigenvalue weighted by Crippen LogP contribution is -2.04. The van der Waals surface area contributed by atoms with Crippen LogP contribution in [0.2, 0.25) is 0 Å². The summed E-state index contributed by atoms with van der Waals surface area (Å²) >= 11 is 6.85. The van der Waals surface area contributed by atoms with Crippen molar-refractivity contribution in [2.75, 3.05) is 5.73 Å². The molecule has 0 aliphatic rings. The van der Waals surface area contributed by atoms with Crippen molar-refractivity contribution >= 4 is 37.7 Å². The van der Waals surface area contributed by atoms with Crippen LogP contribution < -0.4 is 10.5 Å². The van der Waals surface area contributed by atoms with E-state index in [4.69, 9.17) is 10.5 Å². The molecule has 0 saturated carbocycles. The number of halogens is 2. The van der Waals surface area contributed by atoms with E-state index in [2.05, 4.69) is 41.8 Å². The summed E-state index contributed by atoms with van der Waals surface area (Å²) in [5.74, 6) is 2.31. The second-order valence-electron chi connectivity index (χ2n) is 3.99. The molecular formula is C13H13Br2N3O. The molecular weight excluding hydrogens is 374 g/mol. The molecule has 0 amide bonds. The van der Waals surface area contributed by atoms with E-state index < -0.39 is 0 Å². The van der Waals surface area contributed by atoms with Gasteiger partial charge in [-0.2, -0.15) is 4.98 Å². The third kappa shape index (κ3) is 3.25. The van der Waals surface area contributed by atoms with E-state index in [0.29, 0.717) is 29.7 Å². The topological polar surface area (TPSA) is 61.0 Å². The Bertz CT molecular complexity index is 617. The molecule has 0 unspecified atom stereocenters. The lowest BCUT2D eigenvalue weighted by Gasteiger charge is -2.11. The average molecular weight is 387 g/mol. The summed E-state index contributed by atoms with van der Waals surface area (Å²) in [6.45, 7) is 3.82. The molecule has 0 fully saturated rings. The van der Waals surface area contributed by atoms with Gasteiger partial charge >= 0.3 is 0 Å². The number of aryl methyl sites for hydroxylation is 1. The van der Waals surface area contributed by atoms with Crippen molar-refractivity contribution in [3.63, 3.8) is 0 Å². The molecule has 4 nitrogen and oxygen atoms in total. The van der Waals surface area contributed by atoms with Gasteiger partial charge in [0.2, 0.25) is 5.88 Å². The summed E-state index contributed by atoms with van der Waals surface area (Å²) in [7, 11) is 0. The monoisotopic (exact) mass is 385 g/mol. The van der Waals surface area contributed by atoms with Gasteiger partial charge in [0.05, 0.1) is 10.0 Å². The number of nitrogen functional groups attached to an aromatic ring is 1. The van der Waals surface area contributed by atoms with Gasteiger partial charge in [0.1, 0.15) is 17.4 Å². The molecule has 0 spiro atoms. The smallest absolute Gasteiger partial charge is 0.227 e. The first kappa shape index (κ1) is 14.3. The predicted octanol–water partition coefficient (Wildman–Crippen LogP) is 4.25. The van der Waals surface area contributed by atoms with Crippen molar-refractivity contribution in [2.45, 2.75) is 20.3 Å². The predicted molar refractivity (Wildman–Crippen MR) is 82.5 cm³/mol. The highest BCUT2D eigenvalue weighted by Gasteiger charge is 2.11. The molecule has 0 aliphatic carbocycles. The maximum Gasteiger partial charge on any atom is 0.227 e. The van der Waals surface area contributed by atoms with Gasteiger partial charge in [-0.15, -0.1) is 0 Å². The first-order valence-electron chi connectivity index (χ1n) is 5.77. The van der Waals surface area contributed by atoms with E-state index in [0.717, 1.165) is 14.5 Å². The molecule has 0 saturated heterocycles. The molecule has 19 heavy (non-hydrogen) atoms. The number of hydrogen-bond acceptors (Lipinski definition) is 4. The standard InChI is InChI=1S/C13H13Br2N3O/c1-3-11-17-12(16)7(2)13(18-11)19-10-5-4-8(14)6-9(10)15/h4-6H,3H2,1-2H3,(H2,16,17,18). The first-order chi connectivity index (χ1) is 9.01. The van der Waals surface area contributed by atoms with Crippen molar-refractivity contribution in [2.24, 2.45) is 0 Å². The highest BCUT2D eigenvalue weighted by Crippen LogP contribution is 2.33. The largest absolute Gasteiger partial charge is 0.437 e. The summed E-state index contributed by atoms with van der Waals surface area (Å²) in [4.78, 5) is 8.56. The molecule has 1 heterocycles. The molecule has 100 valence electrons. The van der Waals surface area contributed by atoms with Crippen molar-refractivity contribution in [3.8, 4) is 11.6 Å². The Morgan fingerprint density at radius 3 is 2.63 bits per heavy atom. The SMILES string of the molecule is CCc1nc(N)c(C)c(Oc2ccc(Br)cc2Br)n1. The zero-order valence-electron chi connectivity index (χ0n) is 10.6. The van der Waals surface area contributed by atoms with Crippen LogP contribution in [-0.2, 0) is 6.42 Å². The van der Waals surface area contributed by atoms with Gasteiger partial charge in [0.25, 0.3) is 0 Å². The number of aromatic nitrogens is 2. The fraction of sp³-hybridized carbons (Fsp3) is 0.231. The van der Waals surface area contributed by atoms with Gasteiger partial charge in [-0.3, -0.25) is 0 Å². The van der Waals surface area contributed by atoms with Crippen LogP contribution in [-0.4, -0.2) is 9.97 Å². The summed E-state index contributed by atoms with van der Waals surface area (Å²) < 4.78 is 7.64. The molecule has 2 rings (SSSR count). The Hall–Kier alpha value is -1.14. The summed E-state index contributed by atoms with van der Waals surface area (Å²) in [6, 6.07) is 5.67. The van der Waals surface area contributed by atoms with E-state index in [1.165, 1.54) is 0 Å². The van der Waals surface area contributed by atoms with Gasteiger partial charge in [-0.25, -0.2) is 4.98 Å². The zero-order valence-corrected chi connectivity index (χ0v) is 13.7. The Balaban J connectivity index is 2.40. The molecule has 2 aromatic rings. The maximum atomic E-state index is 5.86. The fourth-order valence-corrected chi connectivity index (χ4v) is 2.61. The molecule has 6 heteroatoms. The second kappa shape index (κ2) is 5.88. The van der Waals surface area contributed by atoms with Crippen LogP contribution in [0.4, 0.5) is 5.82 Å². The summed E-state index contributed by atoms with van der Waals surface area (Å²) in [5, 5.41) is 0. The third-order valence-corrected chi connectivity index (χ3v) is 3.71. The maximum absolute atomic E-state index is 5.86. The fourth-order valence-electron chi connectivity index (χ4n) is 1.48. The lowest BCUT2D eigenvalue weighted by atomic mass is 10.3. The second-order valence-corrected chi connectivity index (χ2v) is 5.76. The number of anilines is 1. The molecule has 0 radical (unpaired) electrons. The Morgan fingerprint density at radius 2 is 2.00 bits per heavy atom. The highest BCUT2D eigenvalue weighted by atomic mass is 79.9. The molecule has 0 aliphatic heterocycles. The van der Waals surface area contributed by atoms with Crippen LogP contribution in [0.3, 0.4) is 0 Å². The van der Waals surface area contributed by atoms with Gasteiger partial charge in [-0.05, 0) is 41.1 Å². The molecule has 0 atom stereocenters. The lowest BCUT2D eigenvalue weighted by molar-refractivity contribution is 0.452. The Kier molecular flexibility index (Phi) is 4.42. The van der Waals surface area contributed by atoms with Crippen molar-refractivity contribution in [1.29, 1.82) is 0 Å². The molecule has 1 aromatic heterocycles. The van der Waals surface area contributed by atoms with Crippen molar-refractivity contribution < 1.29 is 4.74 Å². The summed E-state index contributed by atoms with van der Waals surface area (Å²) in [5.41, 5.74) is 6.61. The minimum atomic E-state index is 0.454. The number of ether oxygens (including phenoxy) is 1. The summed E-state index contributed by atoms with van der Waals surface area (Å²) in [6.07, 6.45) is 0.711. The first-order valence-corrected chi connectivity index (χ1v) is 7.35. The number of nitrogens with two attached hydrogens (primary N) is 1. The quantitative estimate of drug-likeness (QED) is 0.856. The van der Waals surface area contributed by atoms with Crippen LogP contribution in [0.25, 0.3) is 0 Å². The number of nitrogens with zero attached hydrogens (tertiary/aromatic N) is 2. The van der Waals surface area contributed by atoms with Crippen LogP contribution >= 0.6 is 31.9 Å². The van der Waals surface area contributed by atoms with Crippen LogP contribution in [0.15, 0.2) is 27.1 Å². The van der Waals surface area contributed by atoms with E-state index in [1.54, 1.807) is 0 Å². The van der Waals surface area contributed by atoms with E-state index in [9.17, 15) is 0 Å². The van der Waals surface area contributed by atoms with Gasteiger partial charge < -0.3 is 10.5 Å². The normalized spacial score (nSPS) is 10.5. The highest BCUT2D eigenvalue weighted by molar-refractivity contribution is 9.11. The molecule has 0 bridgehead atoms. The zero-order chi connectivity index (χ0) is 14.0.